The van der Waals surface area contributed by atoms with Crippen molar-refractivity contribution < 1.29 is 27.2 Å². The molecular weight excluding hydrogens is 388 g/mol. The van der Waals surface area contributed by atoms with Gasteiger partial charge in [0.05, 0.1) is 17.2 Å². The largest absolute Gasteiger partial charge is 0.416 e. The van der Waals surface area contributed by atoms with Gasteiger partial charge in [0.15, 0.2) is 0 Å². The Balaban J connectivity index is 2.13. The van der Waals surface area contributed by atoms with Crippen molar-refractivity contribution in [3.05, 3.63) is 71.0 Å². The molecule has 156 valence electrons. The van der Waals surface area contributed by atoms with E-state index in [1.54, 1.807) is 20.8 Å². The van der Waals surface area contributed by atoms with Crippen molar-refractivity contribution in [3.63, 3.8) is 0 Å². The normalized spacial score (nSPS) is 13.7. The van der Waals surface area contributed by atoms with Gasteiger partial charge >= 0.3 is 6.18 Å². The lowest BCUT2D eigenvalue weighted by atomic mass is 10.0. The molecule has 2 aromatic carbocycles. The summed E-state index contributed by atoms with van der Waals surface area (Å²) in [5, 5.41) is 5.11. The zero-order valence-corrected chi connectivity index (χ0v) is 16.2. The number of hydrogen-bond acceptors (Lipinski definition) is 2. The maximum Gasteiger partial charge on any atom is 0.416 e. The van der Waals surface area contributed by atoms with Crippen molar-refractivity contribution in [1.29, 1.82) is 0 Å². The Kier molecular flexibility index (Phi) is 7.00. The highest BCUT2D eigenvalue weighted by atomic mass is 19.4. The second-order valence-electron chi connectivity index (χ2n) is 7.03. The smallest absolute Gasteiger partial charge is 0.348 e. The summed E-state index contributed by atoms with van der Waals surface area (Å²) >= 11 is 0. The molecule has 2 unspecified atom stereocenters. The van der Waals surface area contributed by atoms with Crippen LogP contribution in [-0.2, 0) is 11.0 Å². The molecule has 0 saturated heterocycles. The zero-order chi connectivity index (χ0) is 21.8. The van der Waals surface area contributed by atoms with Gasteiger partial charge in [-0.1, -0.05) is 38.1 Å². The molecule has 2 aromatic rings. The summed E-state index contributed by atoms with van der Waals surface area (Å²) in [7, 11) is 0. The number of benzene rings is 2. The van der Waals surface area contributed by atoms with Crippen molar-refractivity contribution in [3.8, 4) is 0 Å². The third-order valence-corrected chi connectivity index (χ3v) is 4.43. The summed E-state index contributed by atoms with van der Waals surface area (Å²) in [5.74, 6) is -2.37. The number of amides is 2. The molecule has 0 spiro atoms. The summed E-state index contributed by atoms with van der Waals surface area (Å²) in [6.45, 7) is 4.94. The maximum absolute atomic E-state index is 13.8. The number of hydrogen-bond donors (Lipinski definition) is 2. The average molecular weight is 410 g/mol. The van der Waals surface area contributed by atoms with Crippen molar-refractivity contribution in [2.24, 2.45) is 5.92 Å². The van der Waals surface area contributed by atoms with Crippen LogP contribution in [0.1, 0.15) is 48.3 Å². The topological polar surface area (TPSA) is 58.2 Å². The highest BCUT2D eigenvalue weighted by Crippen LogP contribution is 2.30. The molecule has 0 aliphatic carbocycles. The number of alkyl halides is 3. The van der Waals surface area contributed by atoms with Gasteiger partial charge in [0.2, 0.25) is 5.91 Å². The van der Waals surface area contributed by atoms with E-state index >= 15 is 0 Å². The van der Waals surface area contributed by atoms with Crippen LogP contribution in [0.4, 0.5) is 17.6 Å². The first-order chi connectivity index (χ1) is 13.5. The predicted molar refractivity (Wildman–Crippen MR) is 100 cm³/mol. The Morgan fingerprint density at radius 2 is 1.59 bits per heavy atom. The van der Waals surface area contributed by atoms with Gasteiger partial charge in [-0.15, -0.1) is 0 Å². The second-order valence-corrected chi connectivity index (χ2v) is 7.03. The summed E-state index contributed by atoms with van der Waals surface area (Å²) in [6, 6.07) is 8.31. The summed E-state index contributed by atoms with van der Waals surface area (Å²) < 4.78 is 52.5. The lowest BCUT2D eigenvalue weighted by Crippen LogP contribution is -2.50. The molecule has 2 rings (SSSR count). The molecule has 29 heavy (non-hydrogen) atoms. The van der Waals surface area contributed by atoms with Crippen molar-refractivity contribution in [2.75, 3.05) is 0 Å². The molecule has 0 aliphatic heterocycles. The van der Waals surface area contributed by atoms with Crippen LogP contribution in [0.15, 0.2) is 48.5 Å². The first-order valence-corrected chi connectivity index (χ1v) is 9.03. The van der Waals surface area contributed by atoms with Gasteiger partial charge in [-0.2, -0.15) is 13.2 Å². The molecule has 0 radical (unpaired) electrons. The lowest BCUT2D eigenvalue weighted by Gasteiger charge is -2.24. The van der Waals surface area contributed by atoms with E-state index in [1.807, 2.05) is 0 Å². The molecule has 2 N–H and O–H groups in total. The standard InChI is InChI=1S/C21H22F4N2O2/c1-12(2)18(27-19(28)16-9-4-5-10-17(16)22)20(29)26-13(3)14-7-6-8-15(11-14)21(23,24)25/h4-13,18H,1-3H3,(H,26,29)(H,27,28). The Hall–Kier alpha value is -2.90. The van der Waals surface area contributed by atoms with E-state index in [2.05, 4.69) is 10.6 Å². The maximum atomic E-state index is 13.8. The number of nitrogens with one attached hydrogen (secondary N) is 2. The molecule has 0 saturated carbocycles. The molecule has 2 atom stereocenters. The summed E-state index contributed by atoms with van der Waals surface area (Å²) in [4.78, 5) is 25.0. The number of carbonyl (C=O) groups excluding carboxylic acids is 2. The lowest BCUT2D eigenvalue weighted by molar-refractivity contribution is -0.137. The highest BCUT2D eigenvalue weighted by Gasteiger charge is 2.31. The van der Waals surface area contributed by atoms with Gasteiger partial charge in [0, 0.05) is 0 Å². The van der Waals surface area contributed by atoms with Crippen molar-refractivity contribution in [1.82, 2.24) is 10.6 Å². The Morgan fingerprint density at radius 3 is 2.17 bits per heavy atom. The van der Waals surface area contributed by atoms with E-state index in [9.17, 15) is 27.2 Å². The molecule has 0 aliphatic rings. The monoisotopic (exact) mass is 410 g/mol. The number of rotatable bonds is 6. The molecule has 2 amide bonds. The van der Waals surface area contributed by atoms with E-state index in [-0.39, 0.29) is 17.0 Å². The Bertz CT molecular complexity index is 881. The van der Waals surface area contributed by atoms with E-state index in [1.165, 1.54) is 30.3 Å². The summed E-state index contributed by atoms with van der Waals surface area (Å²) in [6.07, 6.45) is -4.49. The van der Waals surface area contributed by atoms with Crippen LogP contribution >= 0.6 is 0 Å². The molecule has 0 aromatic heterocycles. The number of halogens is 4. The zero-order valence-electron chi connectivity index (χ0n) is 16.2. The third-order valence-electron chi connectivity index (χ3n) is 4.43. The van der Waals surface area contributed by atoms with Gasteiger partial charge in [-0.25, -0.2) is 4.39 Å². The van der Waals surface area contributed by atoms with Crippen LogP contribution in [0.2, 0.25) is 0 Å². The van der Waals surface area contributed by atoms with Gasteiger partial charge < -0.3 is 10.6 Å². The van der Waals surface area contributed by atoms with Gasteiger partial charge in [-0.3, -0.25) is 9.59 Å². The first-order valence-electron chi connectivity index (χ1n) is 9.03. The van der Waals surface area contributed by atoms with Crippen LogP contribution in [-0.4, -0.2) is 17.9 Å². The first kappa shape index (κ1) is 22.4. The minimum atomic E-state index is -4.49. The molecule has 4 nitrogen and oxygen atoms in total. The molecule has 0 heterocycles. The van der Waals surface area contributed by atoms with Crippen LogP contribution in [0.3, 0.4) is 0 Å². The fourth-order valence-corrected chi connectivity index (χ4v) is 2.77. The summed E-state index contributed by atoms with van der Waals surface area (Å²) in [5.41, 5.74) is -0.739. The molecule has 8 heteroatoms. The van der Waals surface area contributed by atoms with Gasteiger partial charge in [-0.05, 0) is 42.7 Å². The van der Waals surface area contributed by atoms with Crippen molar-refractivity contribution in [2.45, 2.75) is 39.0 Å². The van der Waals surface area contributed by atoms with Gasteiger partial charge in [0.1, 0.15) is 11.9 Å². The second kappa shape index (κ2) is 9.07. The molecular formula is C21H22F4N2O2. The van der Waals surface area contributed by atoms with E-state index < -0.39 is 41.5 Å². The van der Waals surface area contributed by atoms with Crippen LogP contribution in [0, 0.1) is 11.7 Å². The third kappa shape index (κ3) is 5.79. The van der Waals surface area contributed by atoms with E-state index in [4.69, 9.17) is 0 Å². The fraction of sp³-hybridized carbons (Fsp3) is 0.333. The number of carbonyl (C=O) groups is 2. The SMILES string of the molecule is CC(NC(=O)C(NC(=O)c1ccccc1F)C(C)C)c1cccc(C(F)(F)F)c1. The van der Waals surface area contributed by atoms with Crippen LogP contribution in [0.25, 0.3) is 0 Å². The Morgan fingerprint density at radius 1 is 0.931 bits per heavy atom. The Labute approximate surface area is 166 Å². The highest BCUT2D eigenvalue weighted by molar-refractivity contribution is 5.97. The minimum Gasteiger partial charge on any atom is -0.348 e. The minimum absolute atomic E-state index is 0.197. The van der Waals surface area contributed by atoms with Crippen LogP contribution in [0.5, 0.6) is 0 Å². The van der Waals surface area contributed by atoms with Gasteiger partial charge in [0.25, 0.3) is 5.91 Å². The predicted octanol–water partition coefficient (Wildman–Crippen LogP) is 4.48. The fourth-order valence-electron chi connectivity index (χ4n) is 2.77. The average Bonchev–Trinajstić information content (AvgIpc) is 2.65. The van der Waals surface area contributed by atoms with Crippen molar-refractivity contribution >= 4 is 11.8 Å². The van der Waals surface area contributed by atoms with E-state index in [0.717, 1.165) is 18.2 Å². The quantitative estimate of drug-likeness (QED) is 0.690. The molecule has 0 fully saturated rings. The molecule has 0 bridgehead atoms. The van der Waals surface area contributed by atoms with Crippen LogP contribution < -0.4 is 10.6 Å². The van der Waals surface area contributed by atoms with E-state index in [0.29, 0.717) is 0 Å².